The second-order valence-corrected chi connectivity index (χ2v) is 5.53. The van der Waals surface area contributed by atoms with Crippen LogP contribution in [0.5, 0.6) is 0 Å². The predicted molar refractivity (Wildman–Crippen MR) is 78.2 cm³/mol. The number of carboxylic acid groups (broad SMARTS) is 1. The van der Waals surface area contributed by atoms with E-state index in [2.05, 4.69) is 0 Å². The summed E-state index contributed by atoms with van der Waals surface area (Å²) in [5.74, 6) is -2.42. The van der Waals surface area contributed by atoms with Crippen molar-refractivity contribution in [3.05, 3.63) is 35.0 Å². The molecule has 0 aliphatic heterocycles. The molecule has 0 aliphatic rings. The second-order valence-electron chi connectivity index (χ2n) is 5.09. The number of benzene rings is 1. The molecule has 1 heterocycles. The molecule has 0 bridgehead atoms. The third-order valence-corrected chi connectivity index (χ3v) is 4.01. The van der Waals surface area contributed by atoms with E-state index in [1.165, 1.54) is 0 Å². The van der Waals surface area contributed by atoms with Gasteiger partial charge in [-0.2, -0.15) is 0 Å². The van der Waals surface area contributed by atoms with E-state index in [9.17, 15) is 9.59 Å². The van der Waals surface area contributed by atoms with Crippen molar-refractivity contribution >= 4 is 34.3 Å². The first-order valence-corrected chi connectivity index (χ1v) is 6.72. The molecule has 2 unspecified atom stereocenters. The number of nitrogens with zero attached hydrogens (tertiary/aromatic N) is 1. The van der Waals surface area contributed by atoms with E-state index in [4.69, 9.17) is 16.7 Å². The lowest BCUT2D eigenvalue weighted by atomic mass is 9.88. The van der Waals surface area contributed by atoms with Crippen molar-refractivity contribution in [1.82, 2.24) is 4.57 Å². The molecule has 0 fully saturated rings. The van der Waals surface area contributed by atoms with Crippen LogP contribution >= 0.6 is 11.6 Å². The summed E-state index contributed by atoms with van der Waals surface area (Å²) in [6.45, 7) is 3.20. The van der Waals surface area contributed by atoms with Crippen LogP contribution in [0.2, 0.25) is 5.02 Å². The van der Waals surface area contributed by atoms with Gasteiger partial charge in [-0.15, -0.1) is 0 Å². The summed E-state index contributed by atoms with van der Waals surface area (Å²) < 4.78 is 1.83. The van der Waals surface area contributed by atoms with Gasteiger partial charge in [0, 0.05) is 40.7 Å². The Hall–Kier alpha value is -1.81. The van der Waals surface area contributed by atoms with Gasteiger partial charge in [0.1, 0.15) is 0 Å². The molecule has 1 N–H and O–H groups in total. The Morgan fingerprint density at radius 3 is 2.50 bits per heavy atom. The first-order valence-electron chi connectivity index (χ1n) is 6.34. The van der Waals surface area contributed by atoms with E-state index in [-0.39, 0.29) is 5.78 Å². The third kappa shape index (κ3) is 2.43. The minimum absolute atomic E-state index is 0.159. The van der Waals surface area contributed by atoms with E-state index in [0.717, 1.165) is 10.9 Å². The number of carbonyl (C=O) groups excluding carboxylic acids is 1. The highest BCUT2D eigenvalue weighted by molar-refractivity contribution is 6.31. The molecule has 20 heavy (non-hydrogen) atoms. The molecule has 106 valence electrons. The molecule has 2 aromatic rings. The lowest BCUT2D eigenvalue weighted by molar-refractivity contribution is -0.142. The number of fused-ring (bicyclic) bond motifs is 1. The number of hydrogen-bond acceptors (Lipinski definition) is 2. The first-order chi connectivity index (χ1) is 9.32. The summed E-state index contributed by atoms with van der Waals surface area (Å²) in [7, 11) is 1.83. The third-order valence-electron chi connectivity index (χ3n) is 3.77. The van der Waals surface area contributed by atoms with Gasteiger partial charge in [0.2, 0.25) is 0 Å². The topological polar surface area (TPSA) is 59.3 Å². The van der Waals surface area contributed by atoms with Crippen LogP contribution in [0.25, 0.3) is 10.9 Å². The number of carboxylic acids is 1. The van der Waals surface area contributed by atoms with Crippen LogP contribution in [0, 0.1) is 11.8 Å². The van der Waals surface area contributed by atoms with Crippen LogP contribution in [0.15, 0.2) is 24.4 Å². The van der Waals surface area contributed by atoms with Crippen molar-refractivity contribution in [2.45, 2.75) is 13.8 Å². The molecular formula is C15H16ClNO3. The van der Waals surface area contributed by atoms with Crippen LogP contribution in [0.4, 0.5) is 0 Å². The van der Waals surface area contributed by atoms with Crippen molar-refractivity contribution in [1.29, 1.82) is 0 Å². The number of carbonyl (C=O) groups is 2. The van der Waals surface area contributed by atoms with Crippen molar-refractivity contribution in [2.75, 3.05) is 0 Å². The predicted octanol–water partition coefficient (Wildman–Crippen LogP) is 3.37. The quantitative estimate of drug-likeness (QED) is 0.879. The zero-order valence-corrected chi connectivity index (χ0v) is 12.3. The van der Waals surface area contributed by atoms with E-state index in [1.807, 2.05) is 11.6 Å². The number of aliphatic carboxylic acids is 1. The molecule has 0 radical (unpaired) electrons. The van der Waals surface area contributed by atoms with Gasteiger partial charge in [-0.25, -0.2) is 0 Å². The Labute approximate surface area is 122 Å². The molecule has 1 aromatic carbocycles. The maximum atomic E-state index is 12.5. The lowest BCUT2D eigenvalue weighted by Gasteiger charge is -2.14. The largest absolute Gasteiger partial charge is 0.481 e. The number of Topliss-reactive ketones (excluding diaryl/α,β-unsaturated/α-hetero) is 1. The number of aromatic nitrogens is 1. The molecule has 0 aliphatic carbocycles. The molecule has 2 atom stereocenters. The summed E-state index contributed by atoms with van der Waals surface area (Å²) in [6, 6.07) is 5.31. The number of ketones is 1. The Kier molecular flexibility index (Phi) is 3.86. The molecule has 5 heteroatoms. The number of aryl methyl sites for hydroxylation is 1. The molecule has 0 amide bonds. The maximum absolute atomic E-state index is 12.5. The van der Waals surface area contributed by atoms with Crippen molar-refractivity contribution in [3.8, 4) is 0 Å². The highest BCUT2D eigenvalue weighted by Crippen LogP contribution is 2.27. The molecule has 0 saturated carbocycles. The van der Waals surface area contributed by atoms with Crippen LogP contribution in [-0.2, 0) is 11.8 Å². The van der Waals surface area contributed by atoms with Gasteiger partial charge >= 0.3 is 5.97 Å². The number of halogens is 1. The van der Waals surface area contributed by atoms with E-state index in [0.29, 0.717) is 10.6 Å². The SMILES string of the molecule is CC(C(=O)O)C(C)C(=O)c1cn(C)c2cc(Cl)ccc12. The van der Waals surface area contributed by atoms with Gasteiger partial charge in [0.25, 0.3) is 0 Å². The lowest BCUT2D eigenvalue weighted by Crippen LogP contribution is -2.25. The number of rotatable bonds is 4. The van der Waals surface area contributed by atoms with Crippen molar-refractivity contribution < 1.29 is 14.7 Å². The average molecular weight is 294 g/mol. The Balaban J connectivity index is 2.48. The van der Waals surface area contributed by atoms with Gasteiger partial charge < -0.3 is 9.67 Å². The Morgan fingerprint density at radius 1 is 1.25 bits per heavy atom. The van der Waals surface area contributed by atoms with Crippen LogP contribution in [0.1, 0.15) is 24.2 Å². The normalized spacial score (nSPS) is 14.2. The zero-order valence-electron chi connectivity index (χ0n) is 11.6. The van der Waals surface area contributed by atoms with E-state index in [1.54, 1.807) is 38.2 Å². The van der Waals surface area contributed by atoms with Crippen LogP contribution in [0.3, 0.4) is 0 Å². The van der Waals surface area contributed by atoms with Crippen molar-refractivity contribution in [2.24, 2.45) is 18.9 Å². The van der Waals surface area contributed by atoms with Crippen LogP contribution in [-0.4, -0.2) is 21.4 Å². The van der Waals surface area contributed by atoms with Gasteiger partial charge in [0.05, 0.1) is 5.92 Å². The molecule has 1 aromatic heterocycles. The smallest absolute Gasteiger partial charge is 0.306 e. The first kappa shape index (κ1) is 14.6. The molecular weight excluding hydrogens is 278 g/mol. The van der Waals surface area contributed by atoms with Gasteiger partial charge in [-0.3, -0.25) is 9.59 Å². The summed E-state index contributed by atoms with van der Waals surface area (Å²) in [5.41, 5.74) is 1.40. The highest BCUT2D eigenvalue weighted by atomic mass is 35.5. The fourth-order valence-electron chi connectivity index (χ4n) is 2.24. The van der Waals surface area contributed by atoms with Gasteiger partial charge in [-0.05, 0) is 12.1 Å². The van der Waals surface area contributed by atoms with E-state index >= 15 is 0 Å². The molecule has 2 rings (SSSR count). The van der Waals surface area contributed by atoms with Crippen molar-refractivity contribution in [3.63, 3.8) is 0 Å². The van der Waals surface area contributed by atoms with Crippen LogP contribution < -0.4 is 0 Å². The standard InChI is InChI=1S/C15H16ClNO3/c1-8(9(2)15(19)20)14(18)12-7-17(3)13-6-10(16)4-5-11(12)13/h4-9H,1-3H3,(H,19,20). The summed E-state index contributed by atoms with van der Waals surface area (Å²) in [6.07, 6.45) is 1.73. The number of hydrogen-bond donors (Lipinski definition) is 1. The summed E-state index contributed by atoms with van der Waals surface area (Å²) >= 11 is 5.96. The Bertz CT molecular complexity index is 690. The second kappa shape index (κ2) is 5.29. The Morgan fingerprint density at radius 2 is 1.90 bits per heavy atom. The van der Waals surface area contributed by atoms with Gasteiger partial charge in [-0.1, -0.05) is 31.5 Å². The fourth-order valence-corrected chi connectivity index (χ4v) is 2.41. The average Bonchev–Trinajstić information content (AvgIpc) is 2.73. The monoisotopic (exact) mass is 293 g/mol. The summed E-state index contributed by atoms with van der Waals surface area (Å²) in [4.78, 5) is 23.5. The highest BCUT2D eigenvalue weighted by Gasteiger charge is 2.28. The minimum Gasteiger partial charge on any atom is -0.481 e. The van der Waals surface area contributed by atoms with Gasteiger partial charge in [0.15, 0.2) is 5.78 Å². The minimum atomic E-state index is -0.964. The molecule has 4 nitrogen and oxygen atoms in total. The zero-order chi connectivity index (χ0) is 15.0. The maximum Gasteiger partial charge on any atom is 0.306 e. The fraction of sp³-hybridized carbons (Fsp3) is 0.333. The molecule has 0 saturated heterocycles. The molecule has 0 spiro atoms. The summed E-state index contributed by atoms with van der Waals surface area (Å²) in [5, 5.41) is 10.4. The van der Waals surface area contributed by atoms with E-state index < -0.39 is 17.8 Å².